The highest BCUT2D eigenvalue weighted by Gasteiger charge is 2.02. The van der Waals surface area contributed by atoms with Crippen molar-refractivity contribution in [2.75, 3.05) is 6.54 Å². The molecule has 4 nitrogen and oxygen atoms in total. The first-order chi connectivity index (χ1) is 7.81. The molecule has 86 valence electrons. The molecule has 2 rings (SSSR count). The van der Waals surface area contributed by atoms with E-state index < -0.39 is 0 Å². The molecule has 0 fully saturated rings. The number of rotatable bonds is 5. The third-order valence-corrected chi connectivity index (χ3v) is 2.82. The fourth-order valence-electron chi connectivity index (χ4n) is 1.90. The molecule has 0 aromatic carbocycles. The van der Waals surface area contributed by atoms with E-state index in [0.717, 1.165) is 25.2 Å². The number of aryl methyl sites for hydroxylation is 3. The topological polar surface area (TPSA) is 48.8 Å². The van der Waals surface area contributed by atoms with Crippen molar-refractivity contribution in [1.82, 2.24) is 14.1 Å². The molecule has 0 bridgehead atoms. The van der Waals surface area contributed by atoms with Crippen molar-refractivity contribution in [3.63, 3.8) is 0 Å². The predicted octanol–water partition coefficient (Wildman–Crippen LogP) is 0.966. The van der Waals surface area contributed by atoms with Crippen molar-refractivity contribution >= 4 is 0 Å². The minimum absolute atomic E-state index is 0.701. The summed E-state index contributed by atoms with van der Waals surface area (Å²) in [7, 11) is 2.03. The third kappa shape index (κ3) is 2.33. The molecule has 2 N–H and O–H groups in total. The van der Waals surface area contributed by atoms with E-state index >= 15 is 0 Å². The smallest absolute Gasteiger partial charge is 0.110 e. The summed E-state index contributed by atoms with van der Waals surface area (Å²) in [5, 5.41) is 0. The van der Waals surface area contributed by atoms with E-state index in [-0.39, 0.29) is 0 Å². The second-order valence-electron chi connectivity index (χ2n) is 3.94. The normalized spacial score (nSPS) is 10.9. The van der Waals surface area contributed by atoms with E-state index in [4.69, 9.17) is 5.73 Å². The minimum Gasteiger partial charge on any atom is -0.351 e. The molecule has 0 aliphatic rings. The molecule has 0 atom stereocenters. The van der Waals surface area contributed by atoms with Crippen molar-refractivity contribution in [1.29, 1.82) is 0 Å². The first kappa shape index (κ1) is 11.0. The van der Waals surface area contributed by atoms with Gasteiger partial charge in [-0.25, -0.2) is 4.98 Å². The fourth-order valence-corrected chi connectivity index (χ4v) is 1.90. The van der Waals surface area contributed by atoms with Crippen molar-refractivity contribution < 1.29 is 0 Å². The average molecular weight is 218 g/mol. The average Bonchev–Trinajstić information content (AvgIpc) is 2.86. The molecule has 4 heteroatoms. The molecule has 0 spiro atoms. The Hall–Kier alpha value is -1.55. The molecule has 0 saturated heterocycles. The zero-order valence-electron chi connectivity index (χ0n) is 9.63. The quantitative estimate of drug-likeness (QED) is 0.812. The predicted molar refractivity (Wildman–Crippen MR) is 64.1 cm³/mol. The molecule has 2 aromatic rings. The van der Waals surface area contributed by atoms with Gasteiger partial charge in [-0.1, -0.05) is 0 Å². The summed E-state index contributed by atoms with van der Waals surface area (Å²) in [5.74, 6) is 1.12. The largest absolute Gasteiger partial charge is 0.351 e. The van der Waals surface area contributed by atoms with Crippen LogP contribution in [0.3, 0.4) is 0 Å². The van der Waals surface area contributed by atoms with Gasteiger partial charge in [0.15, 0.2) is 0 Å². The Morgan fingerprint density at radius 3 is 2.88 bits per heavy atom. The van der Waals surface area contributed by atoms with E-state index in [1.165, 1.54) is 5.69 Å². The third-order valence-electron chi connectivity index (χ3n) is 2.82. The van der Waals surface area contributed by atoms with Crippen molar-refractivity contribution in [3.05, 3.63) is 42.2 Å². The molecule has 0 aliphatic carbocycles. The number of nitrogens with zero attached hydrogens (tertiary/aromatic N) is 3. The second-order valence-corrected chi connectivity index (χ2v) is 3.94. The van der Waals surface area contributed by atoms with Crippen LogP contribution < -0.4 is 5.73 Å². The van der Waals surface area contributed by atoms with Gasteiger partial charge < -0.3 is 14.9 Å². The Balaban J connectivity index is 1.99. The number of hydrogen-bond acceptors (Lipinski definition) is 2. The van der Waals surface area contributed by atoms with Crippen LogP contribution in [0.4, 0.5) is 0 Å². The maximum absolute atomic E-state index is 5.57. The first-order valence-electron chi connectivity index (χ1n) is 5.61. The maximum Gasteiger partial charge on any atom is 0.110 e. The van der Waals surface area contributed by atoms with Gasteiger partial charge in [-0.3, -0.25) is 0 Å². The minimum atomic E-state index is 0.701. The summed E-state index contributed by atoms with van der Waals surface area (Å²) in [6, 6.07) is 4.20. The summed E-state index contributed by atoms with van der Waals surface area (Å²) in [4.78, 5) is 4.32. The molecule has 0 saturated carbocycles. The molecule has 16 heavy (non-hydrogen) atoms. The van der Waals surface area contributed by atoms with E-state index in [2.05, 4.69) is 32.4 Å². The van der Waals surface area contributed by atoms with E-state index in [1.807, 2.05) is 19.4 Å². The summed E-state index contributed by atoms with van der Waals surface area (Å²) >= 11 is 0. The summed E-state index contributed by atoms with van der Waals surface area (Å²) in [6.45, 7) is 1.67. The van der Waals surface area contributed by atoms with Gasteiger partial charge in [0.2, 0.25) is 0 Å². The van der Waals surface area contributed by atoms with Gasteiger partial charge in [-0.15, -0.1) is 0 Å². The van der Waals surface area contributed by atoms with Crippen LogP contribution in [-0.2, 0) is 26.4 Å². The molecular weight excluding hydrogens is 200 g/mol. The molecule has 0 radical (unpaired) electrons. The van der Waals surface area contributed by atoms with Crippen LogP contribution in [0.2, 0.25) is 0 Å². The van der Waals surface area contributed by atoms with Gasteiger partial charge in [0.05, 0.1) is 0 Å². The highest BCUT2D eigenvalue weighted by atomic mass is 15.0. The SMILES string of the molecule is Cn1ccnc1CCn1cccc1CCN. The molecular formula is C12H18N4. The lowest BCUT2D eigenvalue weighted by Crippen LogP contribution is -2.11. The van der Waals surface area contributed by atoms with Crippen LogP contribution >= 0.6 is 0 Å². The summed E-state index contributed by atoms with van der Waals surface area (Å²) in [6.07, 6.45) is 7.81. The standard InChI is InChI=1S/C12H18N4/c1-15-10-7-14-12(15)5-9-16-8-2-3-11(16)4-6-13/h2-3,7-8,10H,4-6,9,13H2,1H3. The first-order valence-corrected chi connectivity index (χ1v) is 5.61. The van der Waals surface area contributed by atoms with Gasteiger partial charge in [0.1, 0.15) is 5.82 Å². The van der Waals surface area contributed by atoms with Crippen LogP contribution in [0.15, 0.2) is 30.7 Å². The fraction of sp³-hybridized carbons (Fsp3) is 0.417. The number of hydrogen-bond donors (Lipinski definition) is 1. The highest BCUT2D eigenvalue weighted by molar-refractivity contribution is 5.08. The van der Waals surface area contributed by atoms with Crippen LogP contribution in [-0.4, -0.2) is 20.7 Å². The summed E-state index contributed by atoms with van der Waals surface area (Å²) < 4.78 is 4.31. The molecule has 2 heterocycles. The van der Waals surface area contributed by atoms with E-state index in [0.29, 0.717) is 6.54 Å². The Labute approximate surface area is 95.7 Å². The van der Waals surface area contributed by atoms with E-state index in [1.54, 1.807) is 0 Å². The van der Waals surface area contributed by atoms with Crippen molar-refractivity contribution in [3.8, 4) is 0 Å². The monoisotopic (exact) mass is 218 g/mol. The Kier molecular flexibility index (Phi) is 3.41. The van der Waals surface area contributed by atoms with Crippen molar-refractivity contribution in [2.24, 2.45) is 12.8 Å². The molecule has 0 amide bonds. The Morgan fingerprint density at radius 1 is 1.31 bits per heavy atom. The lowest BCUT2D eigenvalue weighted by atomic mass is 10.3. The van der Waals surface area contributed by atoms with Crippen LogP contribution in [0, 0.1) is 0 Å². The van der Waals surface area contributed by atoms with Gasteiger partial charge in [0.25, 0.3) is 0 Å². The van der Waals surface area contributed by atoms with Gasteiger partial charge in [-0.05, 0) is 25.1 Å². The zero-order valence-corrected chi connectivity index (χ0v) is 9.63. The zero-order chi connectivity index (χ0) is 11.4. The van der Waals surface area contributed by atoms with Crippen molar-refractivity contribution in [2.45, 2.75) is 19.4 Å². The lowest BCUT2D eigenvalue weighted by Gasteiger charge is -2.08. The van der Waals surface area contributed by atoms with E-state index in [9.17, 15) is 0 Å². The van der Waals surface area contributed by atoms with Crippen LogP contribution in [0.5, 0.6) is 0 Å². The van der Waals surface area contributed by atoms with Gasteiger partial charge in [0, 0.05) is 44.3 Å². The lowest BCUT2D eigenvalue weighted by molar-refractivity contribution is 0.627. The van der Waals surface area contributed by atoms with Crippen LogP contribution in [0.1, 0.15) is 11.5 Å². The molecule has 2 aromatic heterocycles. The van der Waals surface area contributed by atoms with Crippen LogP contribution in [0.25, 0.3) is 0 Å². The molecule has 0 unspecified atom stereocenters. The highest BCUT2D eigenvalue weighted by Crippen LogP contribution is 2.05. The second kappa shape index (κ2) is 4.99. The number of nitrogens with two attached hydrogens (primary N) is 1. The van der Waals surface area contributed by atoms with Gasteiger partial charge >= 0.3 is 0 Å². The maximum atomic E-state index is 5.57. The number of imidazole rings is 1. The number of aromatic nitrogens is 3. The van der Waals surface area contributed by atoms with Gasteiger partial charge in [-0.2, -0.15) is 0 Å². The molecule has 0 aliphatic heterocycles. The Bertz CT molecular complexity index is 441. The Morgan fingerprint density at radius 2 is 2.19 bits per heavy atom. The summed E-state index contributed by atoms with van der Waals surface area (Å²) in [5.41, 5.74) is 6.88.